The summed E-state index contributed by atoms with van der Waals surface area (Å²) < 4.78 is 5.86. The molecule has 1 fully saturated rings. The van der Waals surface area contributed by atoms with Gasteiger partial charge in [0.25, 0.3) is 5.91 Å². The Kier molecular flexibility index (Phi) is 3.99. The molecule has 1 aromatic carbocycles. The van der Waals surface area contributed by atoms with E-state index in [1.165, 1.54) is 6.42 Å². The van der Waals surface area contributed by atoms with Crippen LogP contribution >= 0.6 is 0 Å². The average Bonchev–Trinajstić information content (AvgIpc) is 3.05. The van der Waals surface area contributed by atoms with Crippen molar-refractivity contribution >= 4 is 17.0 Å². The number of pyridine rings is 1. The van der Waals surface area contributed by atoms with Crippen molar-refractivity contribution in [1.82, 2.24) is 14.9 Å². The standard InChI is InChI=1S/C20H21N3O2/c1-13-5-3-6-14(2)23(13)20(24)15-8-9-17-18(11-15)25-19(22-17)16-7-4-10-21-12-16/h4,7-14H,3,5-6H2,1-2H3. The number of aromatic nitrogens is 2. The van der Waals surface area contributed by atoms with E-state index in [4.69, 9.17) is 4.42 Å². The highest BCUT2D eigenvalue weighted by Gasteiger charge is 2.29. The first-order valence-corrected chi connectivity index (χ1v) is 8.77. The molecule has 0 aliphatic carbocycles. The van der Waals surface area contributed by atoms with Crippen LogP contribution in [0.3, 0.4) is 0 Å². The van der Waals surface area contributed by atoms with Crippen LogP contribution in [0.1, 0.15) is 43.5 Å². The van der Waals surface area contributed by atoms with E-state index in [1.54, 1.807) is 18.5 Å². The zero-order valence-corrected chi connectivity index (χ0v) is 14.5. The maximum atomic E-state index is 13.0. The molecule has 0 saturated carbocycles. The highest BCUT2D eigenvalue weighted by atomic mass is 16.3. The number of fused-ring (bicyclic) bond motifs is 1. The second-order valence-electron chi connectivity index (χ2n) is 6.78. The van der Waals surface area contributed by atoms with Gasteiger partial charge in [-0.1, -0.05) is 0 Å². The number of piperidine rings is 1. The Morgan fingerprint density at radius 3 is 2.72 bits per heavy atom. The van der Waals surface area contributed by atoms with Crippen molar-refractivity contribution in [2.45, 2.75) is 45.2 Å². The largest absolute Gasteiger partial charge is 0.436 e. The summed E-state index contributed by atoms with van der Waals surface area (Å²) >= 11 is 0. The molecular formula is C20H21N3O2. The summed E-state index contributed by atoms with van der Waals surface area (Å²) in [6, 6.07) is 9.79. The van der Waals surface area contributed by atoms with Crippen molar-refractivity contribution in [3.8, 4) is 11.5 Å². The Balaban J connectivity index is 1.68. The van der Waals surface area contributed by atoms with Gasteiger partial charge in [-0.25, -0.2) is 4.98 Å². The summed E-state index contributed by atoms with van der Waals surface area (Å²) in [5.74, 6) is 0.591. The normalized spacial score (nSPS) is 20.8. The number of benzene rings is 1. The van der Waals surface area contributed by atoms with E-state index >= 15 is 0 Å². The monoisotopic (exact) mass is 335 g/mol. The smallest absolute Gasteiger partial charge is 0.254 e. The fourth-order valence-corrected chi connectivity index (χ4v) is 3.64. The number of amides is 1. The quantitative estimate of drug-likeness (QED) is 0.701. The molecule has 0 spiro atoms. The zero-order chi connectivity index (χ0) is 17.4. The van der Waals surface area contributed by atoms with E-state index in [1.807, 2.05) is 29.2 Å². The predicted molar refractivity (Wildman–Crippen MR) is 96.2 cm³/mol. The fraction of sp³-hybridized carbons (Fsp3) is 0.350. The number of rotatable bonds is 2. The molecule has 1 aliphatic heterocycles. The Hall–Kier alpha value is -2.69. The van der Waals surface area contributed by atoms with E-state index in [0.717, 1.165) is 23.9 Å². The SMILES string of the molecule is CC1CCCC(C)N1C(=O)c1ccc2nc(-c3cccnc3)oc2c1. The van der Waals surface area contributed by atoms with Crippen LogP contribution in [-0.4, -0.2) is 32.9 Å². The van der Waals surface area contributed by atoms with E-state index < -0.39 is 0 Å². The zero-order valence-electron chi connectivity index (χ0n) is 14.5. The Bertz CT molecular complexity index is 894. The van der Waals surface area contributed by atoms with Gasteiger partial charge in [0.15, 0.2) is 5.58 Å². The first kappa shape index (κ1) is 15.8. The Morgan fingerprint density at radius 1 is 1.20 bits per heavy atom. The summed E-state index contributed by atoms with van der Waals surface area (Å²) in [4.78, 5) is 23.6. The molecule has 3 aromatic rings. The summed E-state index contributed by atoms with van der Waals surface area (Å²) in [6.45, 7) is 4.25. The summed E-state index contributed by atoms with van der Waals surface area (Å²) in [5, 5.41) is 0. The Labute approximate surface area is 146 Å². The lowest BCUT2D eigenvalue weighted by Crippen LogP contribution is -2.47. The molecule has 3 heterocycles. The average molecular weight is 335 g/mol. The topological polar surface area (TPSA) is 59.2 Å². The fourth-order valence-electron chi connectivity index (χ4n) is 3.64. The highest BCUT2D eigenvalue weighted by molar-refractivity contribution is 5.97. The van der Waals surface area contributed by atoms with Crippen molar-refractivity contribution in [3.63, 3.8) is 0 Å². The second kappa shape index (κ2) is 6.31. The molecule has 25 heavy (non-hydrogen) atoms. The number of likely N-dealkylation sites (tertiary alicyclic amines) is 1. The molecule has 5 heteroatoms. The lowest BCUT2D eigenvalue weighted by molar-refractivity contribution is 0.0511. The number of hydrogen-bond acceptors (Lipinski definition) is 4. The van der Waals surface area contributed by atoms with Gasteiger partial charge in [-0.15, -0.1) is 0 Å². The first-order chi connectivity index (χ1) is 12.1. The van der Waals surface area contributed by atoms with E-state index in [-0.39, 0.29) is 18.0 Å². The summed E-state index contributed by atoms with van der Waals surface area (Å²) in [6.07, 6.45) is 6.73. The van der Waals surface area contributed by atoms with Crippen LogP contribution < -0.4 is 0 Å². The van der Waals surface area contributed by atoms with Gasteiger partial charge in [0.05, 0.1) is 5.56 Å². The highest BCUT2D eigenvalue weighted by Crippen LogP contribution is 2.27. The maximum absolute atomic E-state index is 13.0. The summed E-state index contributed by atoms with van der Waals surface area (Å²) in [7, 11) is 0. The minimum absolute atomic E-state index is 0.0703. The Morgan fingerprint density at radius 2 is 2.00 bits per heavy atom. The van der Waals surface area contributed by atoms with Crippen LogP contribution in [0.25, 0.3) is 22.6 Å². The van der Waals surface area contributed by atoms with Crippen molar-refractivity contribution in [2.75, 3.05) is 0 Å². The minimum Gasteiger partial charge on any atom is -0.436 e. The molecule has 2 unspecified atom stereocenters. The molecule has 128 valence electrons. The molecule has 0 bridgehead atoms. The molecule has 2 atom stereocenters. The minimum atomic E-state index is 0.0703. The van der Waals surface area contributed by atoms with E-state index in [2.05, 4.69) is 23.8 Å². The van der Waals surface area contributed by atoms with Crippen LogP contribution in [0.4, 0.5) is 0 Å². The molecule has 0 N–H and O–H groups in total. The van der Waals surface area contributed by atoms with Crippen molar-refractivity contribution in [3.05, 3.63) is 48.3 Å². The van der Waals surface area contributed by atoms with Gasteiger partial charge >= 0.3 is 0 Å². The molecule has 1 amide bonds. The van der Waals surface area contributed by atoms with Crippen molar-refractivity contribution in [2.24, 2.45) is 0 Å². The van der Waals surface area contributed by atoms with Gasteiger partial charge in [-0.2, -0.15) is 0 Å². The van der Waals surface area contributed by atoms with Gasteiger partial charge in [0.2, 0.25) is 5.89 Å². The number of carbonyl (C=O) groups excluding carboxylic acids is 1. The third kappa shape index (κ3) is 2.90. The number of nitrogens with zero attached hydrogens (tertiary/aromatic N) is 3. The van der Waals surface area contributed by atoms with E-state index in [9.17, 15) is 4.79 Å². The van der Waals surface area contributed by atoms with Gasteiger partial charge in [0.1, 0.15) is 5.52 Å². The van der Waals surface area contributed by atoms with Crippen LogP contribution in [0.2, 0.25) is 0 Å². The van der Waals surface area contributed by atoms with Crippen LogP contribution in [0.15, 0.2) is 47.1 Å². The van der Waals surface area contributed by atoms with Gasteiger partial charge in [-0.05, 0) is 63.4 Å². The molecule has 1 saturated heterocycles. The summed E-state index contributed by atoms with van der Waals surface area (Å²) in [5.41, 5.74) is 2.85. The third-order valence-electron chi connectivity index (χ3n) is 4.97. The molecule has 5 nitrogen and oxygen atoms in total. The molecule has 4 rings (SSSR count). The lowest BCUT2D eigenvalue weighted by Gasteiger charge is -2.39. The van der Waals surface area contributed by atoms with Crippen LogP contribution in [0, 0.1) is 0 Å². The number of oxazole rings is 1. The van der Waals surface area contributed by atoms with Crippen LogP contribution in [0.5, 0.6) is 0 Å². The molecule has 0 radical (unpaired) electrons. The molecular weight excluding hydrogens is 314 g/mol. The lowest BCUT2D eigenvalue weighted by atomic mass is 9.96. The van der Waals surface area contributed by atoms with Crippen molar-refractivity contribution < 1.29 is 9.21 Å². The number of hydrogen-bond donors (Lipinski definition) is 0. The predicted octanol–water partition coefficient (Wildman–Crippen LogP) is 4.29. The van der Waals surface area contributed by atoms with E-state index in [0.29, 0.717) is 17.0 Å². The first-order valence-electron chi connectivity index (χ1n) is 8.77. The van der Waals surface area contributed by atoms with Gasteiger partial charge < -0.3 is 9.32 Å². The molecule has 1 aliphatic rings. The van der Waals surface area contributed by atoms with Gasteiger partial charge in [-0.3, -0.25) is 9.78 Å². The third-order valence-corrected chi connectivity index (χ3v) is 4.97. The number of carbonyl (C=O) groups is 1. The van der Waals surface area contributed by atoms with Crippen molar-refractivity contribution in [1.29, 1.82) is 0 Å². The van der Waals surface area contributed by atoms with Crippen LogP contribution in [-0.2, 0) is 0 Å². The maximum Gasteiger partial charge on any atom is 0.254 e. The molecule has 2 aromatic heterocycles. The second-order valence-corrected chi connectivity index (χ2v) is 6.78. The van der Waals surface area contributed by atoms with Gasteiger partial charge in [0, 0.05) is 30.0 Å².